The van der Waals surface area contributed by atoms with Gasteiger partial charge in [0.15, 0.2) is 5.82 Å². The second-order valence-corrected chi connectivity index (χ2v) is 5.53. The van der Waals surface area contributed by atoms with Crippen LogP contribution in [0, 0.1) is 0 Å². The maximum Gasteiger partial charge on any atom is 0.244 e. The quantitative estimate of drug-likeness (QED) is 0.645. The number of hydrogen-bond acceptors (Lipinski definition) is 7. The largest absolute Gasteiger partial charge is 0.497 e. The minimum Gasteiger partial charge on any atom is -0.497 e. The van der Waals surface area contributed by atoms with Crippen LogP contribution >= 0.6 is 0 Å². The maximum absolute atomic E-state index is 5.34. The average Bonchev–Trinajstić information content (AvgIpc) is 2.71. The smallest absolute Gasteiger partial charge is 0.244 e. The highest BCUT2D eigenvalue weighted by Gasteiger charge is 2.04. The zero-order valence-corrected chi connectivity index (χ0v) is 14.8. The number of nitrogens with zero attached hydrogens (tertiary/aromatic N) is 3. The molecule has 1 heterocycles. The number of hydrogen-bond donors (Lipinski definition) is 2. The molecule has 3 rings (SSSR count). The predicted molar refractivity (Wildman–Crippen MR) is 100 cm³/mol. The molecule has 0 saturated heterocycles. The van der Waals surface area contributed by atoms with Gasteiger partial charge in [0, 0.05) is 18.7 Å². The lowest BCUT2D eigenvalue weighted by molar-refractivity contribution is 0.410. The van der Waals surface area contributed by atoms with E-state index in [2.05, 4.69) is 25.8 Å². The second-order valence-electron chi connectivity index (χ2n) is 5.53. The molecule has 1 aromatic heterocycles. The van der Waals surface area contributed by atoms with E-state index < -0.39 is 0 Å². The minimum absolute atomic E-state index is 0.454. The first-order valence-electron chi connectivity index (χ1n) is 8.21. The van der Waals surface area contributed by atoms with Gasteiger partial charge in [-0.2, -0.15) is 10.1 Å². The number of nitrogens with one attached hydrogen (secondary N) is 2. The van der Waals surface area contributed by atoms with E-state index in [9.17, 15) is 0 Å². The number of anilines is 2. The molecule has 0 atom stereocenters. The Kier molecular flexibility index (Phi) is 5.82. The molecule has 0 aliphatic rings. The summed E-state index contributed by atoms with van der Waals surface area (Å²) in [6.07, 6.45) is 1.60. The van der Waals surface area contributed by atoms with Gasteiger partial charge in [0.25, 0.3) is 0 Å². The number of methoxy groups -OCH3 is 2. The summed E-state index contributed by atoms with van der Waals surface area (Å²) in [6.45, 7) is 1.18. The van der Waals surface area contributed by atoms with Gasteiger partial charge >= 0.3 is 0 Å². The first-order chi connectivity index (χ1) is 12.8. The van der Waals surface area contributed by atoms with Crippen molar-refractivity contribution in [1.82, 2.24) is 15.2 Å². The highest BCUT2D eigenvalue weighted by atomic mass is 16.5. The summed E-state index contributed by atoms with van der Waals surface area (Å²) < 4.78 is 10.5. The summed E-state index contributed by atoms with van der Waals surface area (Å²) in [4.78, 5) is 4.43. The van der Waals surface area contributed by atoms with Gasteiger partial charge in [-0.3, -0.25) is 0 Å². The molecule has 0 spiro atoms. The van der Waals surface area contributed by atoms with Crippen LogP contribution in [-0.4, -0.2) is 29.4 Å². The Morgan fingerprint density at radius 2 is 1.69 bits per heavy atom. The third-order valence-electron chi connectivity index (χ3n) is 3.82. The normalized spacial score (nSPS) is 10.2. The monoisotopic (exact) mass is 351 g/mol. The van der Waals surface area contributed by atoms with Crippen molar-refractivity contribution < 1.29 is 9.47 Å². The predicted octanol–water partition coefficient (Wildman–Crippen LogP) is 3.11. The Balaban J connectivity index is 1.59. The third kappa shape index (κ3) is 4.60. The van der Waals surface area contributed by atoms with Crippen molar-refractivity contribution in [3.63, 3.8) is 0 Å². The Bertz CT molecular complexity index is 839. The lowest BCUT2D eigenvalue weighted by Crippen LogP contribution is -2.08. The van der Waals surface area contributed by atoms with Crippen molar-refractivity contribution in [2.75, 3.05) is 24.9 Å². The number of aromatic nitrogens is 3. The van der Waals surface area contributed by atoms with E-state index in [1.54, 1.807) is 20.4 Å². The van der Waals surface area contributed by atoms with Crippen LogP contribution in [0.1, 0.15) is 11.1 Å². The molecule has 3 aromatic rings. The molecule has 0 saturated carbocycles. The fourth-order valence-corrected chi connectivity index (χ4v) is 2.42. The summed E-state index contributed by atoms with van der Waals surface area (Å²) in [5.41, 5.74) is 2.14. The molecule has 0 aliphatic heterocycles. The van der Waals surface area contributed by atoms with Gasteiger partial charge in [0.05, 0.1) is 20.4 Å². The fraction of sp³-hybridized carbons (Fsp3) is 0.211. The molecule has 2 N–H and O–H groups in total. The van der Waals surface area contributed by atoms with Crippen LogP contribution in [0.3, 0.4) is 0 Å². The zero-order valence-electron chi connectivity index (χ0n) is 14.8. The maximum atomic E-state index is 5.34. The van der Waals surface area contributed by atoms with Crippen molar-refractivity contribution >= 4 is 11.8 Å². The van der Waals surface area contributed by atoms with E-state index in [0.717, 1.165) is 22.6 Å². The Labute approximate surface area is 152 Å². The molecule has 0 fully saturated rings. The molecule has 134 valence electrons. The van der Waals surface area contributed by atoms with Crippen molar-refractivity contribution in [3.8, 4) is 11.5 Å². The van der Waals surface area contributed by atoms with Gasteiger partial charge in [-0.25, -0.2) is 0 Å². The Morgan fingerprint density at radius 3 is 2.46 bits per heavy atom. The molecule has 0 bridgehead atoms. The lowest BCUT2D eigenvalue weighted by atomic mass is 10.2. The molecule has 7 nitrogen and oxygen atoms in total. The first kappa shape index (κ1) is 17.5. The second kappa shape index (κ2) is 8.66. The van der Waals surface area contributed by atoms with Crippen molar-refractivity contribution in [2.24, 2.45) is 0 Å². The first-order valence-corrected chi connectivity index (χ1v) is 8.21. The van der Waals surface area contributed by atoms with Gasteiger partial charge < -0.3 is 20.1 Å². The molecule has 0 aliphatic carbocycles. The summed E-state index contributed by atoms with van der Waals surface area (Å²) >= 11 is 0. The highest BCUT2D eigenvalue weighted by molar-refractivity contribution is 5.40. The van der Waals surface area contributed by atoms with E-state index in [4.69, 9.17) is 9.47 Å². The summed E-state index contributed by atoms with van der Waals surface area (Å²) in [5.74, 6) is 2.76. The summed E-state index contributed by atoms with van der Waals surface area (Å²) in [6, 6.07) is 15.7. The highest BCUT2D eigenvalue weighted by Crippen LogP contribution is 2.18. The van der Waals surface area contributed by atoms with Crippen LogP contribution in [0.4, 0.5) is 11.8 Å². The van der Waals surface area contributed by atoms with Gasteiger partial charge in [-0.05, 0) is 23.8 Å². The van der Waals surface area contributed by atoms with E-state index in [-0.39, 0.29) is 0 Å². The van der Waals surface area contributed by atoms with E-state index in [1.807, 2.05) is 48.5 Å². The Hall–Kier alpha value is -3.35. The van der Waals surface area contributed by atoms with Gasteiger partial charge in [0.2, 0.25) is 5.95 Å². The van der Waals surface area contributed by atoms with Crippen molar-refractivity contribution in [1.29, 1.82) is 0 Å². The van der Waals surface area contributed by atoms with Crippen molar-refractivity contribution in [2.45, 2.75) is 13.1 Å². The number of benzene rings is 2. The van der Waals surface area contributed by atoms with Gasteiger partial charge in [0.1, 0.15) is 11.5 Å². The van der Waals surface area contributed by atoms with Crippen LogP contribution in [0.5, 0.6) is 11.5 Å². The SMILES string of the molecule is COc1ccc(CNc2cnnc(NCc3ccccc3OC)n2)cc1. The number of rotatable bonds is 8. The van der Waals surface area contributed by atoms with E-state index in [0.29, 0.717) is 24.9 Å². The summed E-state index contributed by atoms with van der Waals surface area (Å²) in [7, 11) is 3.31. The molecular weight excluding hydrogens is 330 g/mol. The van der Waals surface area contributed by atoms with E-state index >= 15 is 0 Å². The van der Waals surface area contributed by atoms with Crippen molar-refractivity contribution in [3.05, 3.63) is 65.9 Å². The molecule has 2 aromatic carbocycles. The standard InChI is InChI=1S/C19H21N5O2/c1-25-16-9-7-14(8-10-16)11-20-18-13-22-24-19(23-18)21-12-15-5-3-4-6-17(15)26-2/h3-10,13H,11-12H2,1-2H3,(H2,20,21,23,24). The van der Waals surface area contributed by atoms with Crippen LogP contribution in [0.15, 0.2) is 54.7 Å². The molecule has 0 radical (unpaired) electrons. The van der Waals surface area contributed by atoms with Gasteiger partial charge in [-0.1, -0.05) is 30.3 Å². The van der Waals surface area contributed by atoms with Crippen LogP contribution in [-0.2, 0) is 13.1 Å². The lowest BCUT2D eigenvalue weighted by Gasteiger charge is -2.10. The van der Waals surface area contributed by atoms with Crippen LogP contribution < -0.4 is 20.1 Å². The molecular formula is C19H21N5O2. The molecule has 7 heteroatoms. The average molecular weight is 351 g/mol. The van der Waals surface area contributed by atoms with Crippen LogP contribution in [0.2, 0.25) is 0 Å². The van der Waals surface area contributed by atoms with Crippen LogP contribution in [0.25, 0.3) is 0 Å². The number of para-hydroxylation sites is 1. The molecule has 0 amide bonds. The summed E-state index contributed by atoms with van der Waals surface area (Å²) in [5, 5.41) is 14.4. The Morgan fingerprint density at radius 1 is 0.885 bits per heavy atom. The zero-order chi connectivity index (χ0) is 18.2. The molecule has 0 unspecified atom stereocenters. The fourth-order valence-electron chi connectivity index (χ4n) is 2.42. The van der Waals surface area contributed by atoms with E-state index in [1.165, 1.54) is 0 Å². The minimum atomic E-state index is 0.454. The molecule has 26 heavy (non-hydrogen) atoms. The number of ether oxygens (including phenoxy) is 2. The van der Waals surface area contributed by atoms with Gasteiger partial charge in [-0.15, -0.1) is 5.10 Å². The third-order valence-corrected chi connectivity index (χ3v) is 3.82. The topological polar surface area (TPSA) is 81.2 Å².